The fourth-order valence-electron chi connectivity index (χ4n) is 3.49. The zero-order valence-electron chi connectivity index (χ0n) is 18.9. The maximum atomic E-state index is 12.3. The Morgan fingerprint density at radius 3 is 2.60 bits per heavy atom. The highest BCUT2D eigenvalue weighted by Crippen LogP contribution is 2.25. The maximum absolute atomic E-state index is 12.3. The summed E-state index contributed by atoms with van der Waals surface area (Å²) in [6.45, 7) is 0.410. The number of nitrogens with zero attached hydrogens (tertiary/aromatic N) is 7. The Labute approximate surface area is 200 Å². The number of aryl methyl sites for hydroxylation is 1. The standard InChI is InChI=1S/C24H22N8O3/c1-31-23(28-29-30-31)32-20-12-6-5-11-19(20)26-24(32)35-15-18-10-7-13-21(25-18)27-22(33)16-34-14-17-8-3-2-4-9-17/h2-13H,14-16H2,1H3,(H,25,27,33). The van der Waals surface area contributed by atoms with E-state index in [0.717, 1.165) is 16.6 Å². The largest absolute Gasteiger partial charge is 0.458 e. The summed E-state index contributed by atoms with van der Waals surface area (Å²) in [5.41, 5.74) is 3.17. The molecule has 2 aromatic carbocycles. The third-order valence-corrected chi connectivity index (χ3v) is 5.10. The zero-order chi connectivity index (χ0) is 24.0. The number of benzene rings is 2. The fraction of sp³-hybridized carbons (Fsp3) is 0.167. The minimum atomic E-state index is -0.289. The summed E-state index contributed by atoms with van der Waals surface area (Å²) in [6.07, 6.45) is 0. The summed E-state index contributed by atoms with van der Waals surface area (Å²) in [5.74, 6) is 0.590. The predicted octanol–water partition coefficient (Wildman–Crippen LogP) is 2.68. The molecule has 5 aromatic rings. The van der Waals surface area contributed by atoms with E-state index in [2.05, 4.69) is 30.8 Å². The van der Waals surface area contributed by atoms with Crippen molar-refractivity contribution in [3.8, 4) is 12.0 Å². The number of nitrogens with one attached hydrogen (secondary N) is 1. The van der Waals surface area contributed by atoms with Crippen molar-refractivity contribution >= 4 is 22.8 Å². The Morgan fingerprint density at radius 2 is 1.77 bits per heavy atom. The molecule has 176 valence electrons. The van der Waals surface area contributed by atoms with E-state index in [1.807, 2.05) is 54.6 Å². The number of para-hydroxylation sites is 2. The SMILES string of the molecule is Cn1nnnc1-n1c(OCc2cccc(NC(=O)COCc3ccccc3)n2)nc2ccccc21. The number of imidazole rings is 1. The number of carbonyl (C=O) groups excluding carboxylic acids is 1. The number of anilines is 1. The molecule has 0 saturated heterocycles. The number of hydrogen-bond acceptors (Lipinski definition) is 8. The molecular weight excluding hydrogens is 448 g/mol. The van der Waals surface area contributed by atoms with Crippen molar-refractivity contribution in [1.82, 2.24) is 34.7 Å². The molecule has 1 N–H and O–H groups in total. The second kappa shape index (κ2) is 10.1. The van der Waals surface area contributed by atoms with Crippen LogP contribution in [-0.2, 0) is 29.8 Å². The molecule has 3 aromatic heterocycles. The number of aromatic nitrogens is 7. The first kappa shape index (κ1) is 22.2. The lowest BCUT2D eigenvalue weighted by Gasteiger charge is -2.10. The van der Waals surface area contributed by atoms with Gasteiger partial charge < -0.3 is 14.8 Å². The van der Waals surface area contributed by atoms with Crippen LogP contribution >= 0.6 is 0 Å². The van der Waals surface area contributed by atoms with Gasteiger partial charge in [-0.25, -0.2) is 14.2 Å². The molecule has 0 atom stereocenters. The number of ether oxygens (including phenoxy) is 2. The van der Waals surface area contributed by atoms with Crippen LogP contribution in [0.1, 0.15) is 11.3 Å². The molecule has 0 unspecified atom stereocenters. The van der Waals surface area contributed by atoms with Gasteiger partial charge in [0.1, 0.15) is 19.0 Å². The van der Waals surface area contributed by atoms with E-state index in [0.29, 0.717) is 30.1 Å². The average molecular weight is 470 g/mol. The predicted molar refractivity (Wildman–Crippen MR) is 127 cm³/mol. The molecule has 11 nitrogen and oxygen atoms in total. The van der Waals surface area contributed by atoms with Crippen molar-refractivity contribution in [1.29, 1.82) is 0 Å². The lowest BCUT2D eigenvalue weighted by molar-refractivity contribution is -0.121. The third-order valence-electron chi connectivity index (χ3n) is 5.10. The number of carbonyl (C=O) groups is 1. The molecule has 5 rings (SSSR count). The first-order valence-electron chi connectivity index (χ1n) is 10.9. The minimum Gasteiger partial charge on any atom is -0.458 e. The summed E-state index contributed by atoms with van der Waals surface area (Å²) < 4.78 is 14.8. The molecule has 0 bridgehead atoms. The van der Waals surface area contributed by atoms with Crippen LogP contribution in [0.4, 0.5) is 5.82 Å². The van der Waals surface area contributed by atoms with Crippen LogP contribution < -0.4 is 10.1 Å². The zero-order valence-corrected chi connectivity index (χ0v) is 18.9. The van der Waals surface area contributed by atoms with Gasteiger partial charge >= 0.3 is 6.01 Å². The van der Waals surface area contributed by atoms with E-state index >= 15 is 0 Å². The van der Waals surface area contributed by atoms with E-state index in [4.69, 9.17) is 9.47 Å². The molecule has 0 aliphatic rings. The van der Waals surface area contributed by atoms with Crippen LogP contribution in [-0.4, -0.2) is 47.3 Å². The van der Waals surface area contributed by atoms with Crippen molar-refractivity contribution in [3.05, 3.63) is 84.1 Å². The topological polar surface area (TPSA) is 122 Å². The maximum Gasteiger partial charge on any atom is 0.305 e. The minimum absolute atomic E-state index is 0.0763. The van der Waals surface area contributed by atoms with E-state index in [1.165, 1.54) is 4.68 Å². The number of amides is 1. The first-order valence-corrected chi connectivity index (χ1v) is 10.9. The number of hydrogen-bond donors (Lipinski definition) is 1. The van der Waals surface area contributed by atoms with Gasteiger partial charge in [0.15, 0.2) is 0 Å². The van der Waals surface area contributed by atoms with Gasteiger partial charge in [-0.3, -0.25) is 4.79 Å². The summed E-state index contributed by atoms with van der Waals surface area (Å²) >= 11 is 0. The van der Waals surface area contributed by atoms with Gasteiger partial charge in [-0.05, 0) is 40.3 Å². The summed E-state index contributed by atoms with van der Waals surface area (Å²) in [7, 11) is 1.74. The highest BCUT2D eigenvalue weighted by atomic mass is 16.5. The molecule has 0 saturated carbocycles. The average Bonchev–Trinajstić information content (AvgIpc) is 3.46. The van der Waals surface area contributed by atoms with Gasteiger partial charge in [0.2, 0.25) is 0 Å². The third kappa shape index (κ3) is 5.14. The molecule has 1 amide bonds. The normalized spacial score (nSPS) is 11.0. The van der Waals surface area contributed by atoms with Gasteiger partial charge in [-0.1, -0.05) is 53.6 Å². The van der Waals surface area contributed by atoms with Gasteiger partial charge in [0.05, 0.1) is 23.3 Å². The number of pyridine rings is 1. The lowest BCUT2D eigenvalue weighted by atomic mass is 10.2. The Morgan fingerprint density at radius 1 is 0.943 bits per heavy atom. The van der Waals surface area contributed by atoms with Gasteiger partial charge in [-0.15, -0.1) is 0 Å². The Kier molecular flexibility index (Phi) is 6.39. The number of rotatable bonds is 9. The second-order valence-electron chi connectivity index (χ2n) is 7.65. The summed E-state index contributed by atoms with van der Waals surface area (Å²) in [5, 5.41) is 14.5. The summed E-state index contributed by atoms with van der Waals surface area (Å²) in [4.78, 5) is 21.3. The van der Waals surface area contributed by atoms with Crippen LogP contribution in [0.3, 0.4) is 0 Å². The van der Waals surface area contributed by atoms with Crippen molar-refractivity contribution in [2.45, 2.75) is 13.2 Å². The van der Waals surface area contributed by atoms with E-state index < -0.39 is 0 Å². The highest BCUT2D eigenvalue weighted by Gasteiger charge is 2.18. The molecule has 0 radical (unpaired) electrons. The van der Waals surface area contributed by atoms with E-state index in [9.17, 15) is 4.79 Å². The molecule has 11 heteroatoms. The molecule has 3 heterocycles. The summed E-state index contributed by atoms with van der Waals surface area (Å²) in [6, 6.07) is 22.9. The van der Waals surface area contributed by atoms with Crippen molar-refractivity contribution in [2.75, 3.05) is 11.9 Å². The van der Waals surface area contributed by atoms with Crippen LogP contribution in [0.2, 0.25) is 0 Å². The van der Waals surface area contributed by atoms with Gasteiger partial charge in [0.25, 0.3) is 11.9 Å². The van der Waals surface area contributed by atoms with Crippen LogP contribution in [0.25, 0.3) is 17.0 Å². The lowest BCUT2D eigenvalue weighted by Crippen LogP contribution is -2.19. The molecule has 0 fully saturated rings. The van der Waals surface area contributed by atoms with Crippen molar-refractivity contribution < 1.29 is 14.3 Å². The van der Waals surface area contributed by atoms with Crippen LogP contribution in [0, 0.1) is 0 Å². The molecule has 0 aliphatic heterocycles. The molecule has 0 aliphatic carbocycles. The molecule has 35 heavy (non-hydrogen) atoms. The fourth-order valence-corrected chi connectivity index (χ4v) is 3.49. The smallest absolute Gasteiger partial charge is 0.305 e. The Bertz CT molecular complexity index is 1450. The van der Waals surface area contributed by atoms with E-state index in [1.54, 1.807) is 29.8 Å². The van der Waals surface area contributed by atoms with Gasteiger partial charge in [-0.2, -0.15) is 4.98 Å². The van der Waals surface area contributed by atoms with Crippen molar-refractivity contribution in [3.63, 3.8) is 0 Å². The number of tetrazole rings is 1. The van der Waals surface area contributed by atoms with Crippen molar-refractivity contribution in [2.24, 2.45) is 7.05 Å². The quantitative estimate of drug-likeness (QED) is 0.349. The van der Waals surface area contributed by atoms with Crippen LogP contribution in [0.15, 0.2) is 72.8 Å². The molecule has 0 spiro atoms. The Balaban J connectivity index is 1.24. The van der Waals surface area contributed by atoms with E-state index in [-0.39, 0.29) is 19.1 Å². The molecular formula is C24H22N8O3. The second-order valence-corrected chi connectivity index (χ2v) is 7.65. The first-order chi connectivity index (χ1) is 17.2. The van der Waals surface area contributed by atoms with Crippen LogP contribution in [0.5, 0.6) is 6.01 Å². The van der Waals surface area contributed by atoms with Gasteiger partial charge in [0, 0.05) is 7.05 Å². The monoisotopic (exact) mass is 470 g/mol. The number of fused-ring (bicyclic) bond motifs is 1. The Hall–Kier alpha value is -4.64. The highest BCUT2D eigenvalue weighted by molar-refractivity contribution is 5.90.